The molecule has 0 spiro atoms. The van der Waals surface area contributed by atoms with Gasteiger partial charge in [0.25, 0.3) is 0 Å². The molecule has 0 atom stereocenters. The molecule has 1 fully saturated rings. The van der Waals surface area contributed by atoms with Crippen molar-refractivity contribution >= 4 is 11.6 Å². The Bertz CT molecular complexity index is 917. The number of amides is 1. The van der Waals surface area contributed by atoms with E-state index >= 15 is 0 Å². The highest BCUT2D eigenvalue weighted by Crippen LogP contribution is 2.27. The number of nitrogens with zero attached hydrogens (tertiary/aromatic N) is 4. The molecule has 1 aliphatic heterocycles. The van der Waals surface area contributed by atoms with Gasteiger partial charge in [-0.2, -0.15) is 0 Å². The minimum Gasteiger partial charge on any atom is -0.381 e. The molecule has 2 aromatic heterocycles. The summed E-state index contributed by atoms with van der Waals surface area (Å²) in [5.41, 5.74) is 2.17. The molecule has 0 N–H and O–H groups in total. The van der Waals surface area contributed by atoms with E-state index in [1.807, 2.05) is 47.5 Å². The summed E-state index contributed by atoms with van der Waals surface area (Å²) >= 11 is 0. The SMILES string of the molecule is O=C(CCCOCCc1ccccc1)N1CCC(c2nnc3ccccn23)CC1. The lowest BCUT2D eigenvalue weighted by Gasteiger charge is -2.31. The van der Waals surface area contributed by atoms with Crippen LogP contribution in [0.3, 0.4) is 0 Å². The molecule has 6 nitrogen and oxygen atoms in total. The van der Waals surface area contributed by atoms with Crippen molar-refractivity contribution < 1.29 is 9.53 Å². The van der Waals surface area contributed by atoms with Crippen LogP contribution in [0.15, 0.2) is 54.7 Å². The van der Waals surface area contributed by atoms with Gasteiger partial charge in [0.15, 0.2) is 5.65 Å². The third-order valence-corrected chi connectivity index (χ3v) is 5.61. The third-order valence-electron chi connectivity index (χ3n) is 5.61. The number of hydrogen-bond donors (Lipinski definition) is 0. The average Bonchev–Trinajstić information content (AvgIpc) is 3.21. The van der Waals surface area contributed by atoms with Gasteiger partial charge < -0.3 is 9.64 Å². The Morgan fingerprint density at radius 3 is 2.62 bits per heavy atom. The Morgan fingerprint density at radius 1 is 1.00 bits per heavy atom. The zero-order chi connectivity index (χ0) is 19.9. The van der Waals surface area contributed by atoms with Gasteiger partial charge in [-0.3, -0.25) is 9.20 Å². The highest BCUT2D eigenvalue weighted by molar-refractivity contribution is 5.76. The van der Waals surface area contributed by atoms with E-state index in [9.17, 15) is 4.79 Å². The van der Waals surface area contributed by atoms with E-state index in [1.54, 1.807) is 0 Å². The van der Waals surface area contributed by atoms with Crippen LogP contribution in [0, 0.1) is 0 Å². The van der Waals surface area contributed by atoms with Gasteiger partial charge in [-0.25, -0.2) is 0 Å². The van der Waals surface area contributed by atoms with Crippen molar-refractivity contribution in [3.8, 4) is 0 Å². The van der Waals surface area contributed by atoms with E-state index in [1.165, 1.54) is 5.56 Å². The summed E-state index contributed by atoms with van der Waals surface area (Å²) in [6.07, 6.45) is 6.15. The second-order valence-electron chi connectivity index (χ2n) is 7.59. The second-order valence-corrected chi connectivity index (χ2v) is 7.59. The number of piperidine rings is 1. The molecule has 29 heavy (non-hydrogen) atoms. The van der Waals surface area contributed by atoms with Crippen LogP contribution >= 0.6 is 0 Å². The highest BCUT2D eigenvalue weighted by atomic mass is 16.5. The zero-order valence-electron chi connectivity index (χ0n) is 16.7. The molecule has 0 aliphatic carbocycles. The first-order valence-corrected chi connectivity index (χ1v) is 10.5. The van der Waals surface area contributed by atoms with E-state index in [0.29, 0.717) is 25.6 Å². The van der Waals surface area contributed by atoms with Gasteiger partial charge in [-0.05, 0) is 43.4 Å². The van der Waals surface area contributed by atoms with Crippen molar-refractivity contribution in [3.05, 3.63) is 66.1 Å². The lowest BCUT2D eigenvalue weighted by atomic mass is 9.95. The molecule has 1 aliphatic rings. The molecule has 152 valence electrons. The van der Waals surface area contributed by atoms with E-state index in [0.717, 1.165) is 50.2 Å². The molecule has 0 unspecified atom stereocenters. The second kappa shape index (κ2) is 9.65. The first kappa shape index (κ1) is 19.6. The predicted molar refractivity (Wildman–Crippen MR) is 112 cm³/mol. The maximum Gasteiger partial charge on any atom is 0.222 e. The van der Waals surface area contributed by atoms with E-state index in [-0.39, 0.29) is 5.91 Å². The monoisotopic (exact) mass is 392 g/mol. The third kappa shape index (κ3) is 5.01. The smallest absolute Gasteiger partial charge is 0.222 e. The van der Waals surface area contributed by atoms with Crippen molar-refractivity contribution in [3.63, 3.8) is 0 Å². The molecule has 0 bridgehead atoms. The van der Waals surface area contributed by atoms with Crippen molar-refractivity contribution in [1.82, 2.24) is 19.5 Å². The lowest BCUT2D eigenvalue weighted by molar-refractivity contribution is -0.132. The summed E-state index contributed by atoms with van der Waals surface area (Å²) in [6, 6.07) is 16.3. The Kier molecular flexibility index (Phi) is 6.52. The standard InChI is InChI=1S/C23H28N4O2/c28-22(10-6-17-29-18-13-19-7-2-1-3-8-19)26-15-11-20(12-16-26)23-25-24-21-9-4-5-14-27(21)23/h1-5,7-9,14,20H,6,10-13,15-18H2. The molecule has 1 saturated heterocycles. The fourth-order valence-electron chi connectivity index (χ4n) is 3.95. The minimum absolute atomic E-state index is 0.237. The maximum atomic E-state index is 12.5. The first-order valence-electron chi connectivity index (χ1n) is 10.5. The number of likely N-dealkylation sites (tertiary alicyclic amines) is 1. The van der Waals surface area contributed by atoms with Crippen LogP contribution in [0.1, 0.15) is 43.0 Å². The summed E-state index contributed by atoms with van der Waals surface area (Å²) in [7, 11) is 0. The van der Waals surface area contributed by atoms with E-state index in [4.69, 9.17) is 4.74 Å². The number of fused-ring (bicyclic) bond motifs is 1. The largest absolute Gasteiger partial charge is 0.381 e. The summed E-state index contributed by atoms with van der Waals surface area (Å²) < 4.78 is 7.76. The zero-order valence-corrected chi connectivity index (χ0v) is 16.7. The predicted octanol–water partition coefficient (Wildman–Crippen LogP) is 3.47. The summed E-state index contributed by atoms with van der Waals surface area (Å²) in [5, 5.41) is 8.63. The summed E-state index contributed by atoms with van der Waals surface area (Å²) in [4.78, 5) is 14.5. The molecule has 1 amide bonds. The number of benzene rings is 1. The number of pyridine rings is 1. The van der Waals surface area contributed by atoms with Crippen LogP contribution in [0.2, 0.25) is 0 Å². The number of aromatic nitrogens is 3. The van der Waals surface area contributed by atoms with Crippen LogP contribution in [0.25, 0.3) is 5.65 Å². The average molecular weight is 393 g/mol. The molecule has 6 heteroatoms. The fraction of sp³-hybridized carbons (Fsp3) is 0.435. The minimum atomic E-state index is 0.237. The topological polar surface area (TPSA) is 59.7 Å². The Balaban J connectivity index is 1.15. The summed E-state index contributed by atoms with van der Waals surface area (Å²) in [6.45, 7) is 2.93. The van der Waals surface area contributed by atoms with Crippen molar-refractivity contribution in [2.45, 2.75) is 38.0 Å². The molecule has 4 rings (SSSR count). The number of ether oxygens (including phenoxy) is 1. The number of rotatable bonds is 8. The van der Waals surface area contributed by atoms with Gasteiger partial charge in [0, 0.05) is 38.2 Å². The van der Waals surface area contributed by atoms with Gasteiger partial charge >= 0.3 is 0 Å². The molecular formula is C23H28N4O2. The Labute approximate surface area is 171 Å². The van der Waals surface area contributed by atoms with Gasteiger partial charge in [0.1, 0.15) is 5.82 Å². The van der Waals surface area contributed by atoms with Crippen LogP contribution in [-0.2, 0) is 16.0 Å². The molecular weight excluding hydrogens is 364 g/mol. The van der Waals surface area contributed by atoms with E-state index in [2.05, 4.69) is 26.7 Å². The van der Waals surface area contributed by atoms with Crippen LogP contribution < -0.4 is 0 Å². The van der Waals surface area contributed by atoms with Gasteiger partial charge in [0.2, 0.25) is 5.91 Å². The quantitative estimate of drug-likeness (QED) is 0.551. The maximum absolute atomic E-state index is 12.5. The number of carbonyl (C=O) groups excluding carboxylic acids is 1. The molecule has 3 aromatic rings. The lowest BCUT2D eigenvalue weighted by Crippen LogP contribution is -2.38. The van der Waals surface area contributed by atoms with Crippen LogP contribution in [-0.4, -0.2) is 51.7 Å². The number of carbonyl (C=O) groups is 1. The van der Waals surface area contributed by atoms with Crippen molar-refractivity contribution in [1.29, 1.82) is 0 Å². The van der Waals surface area contributed by atoms with Gasteiger partial charge in [-0.1, -0.05) is 36.4 Å². The normalized spacial score (nSPS) is 15.1. The van der Waals surface area contributed by atoms with Crippen LogP contribution in [0.4, 0.5) is 0 Å². The van der Waals surface area contributed by atoms with Crippen LogP contribution in [0.5, 0.6) is 0 Å². The molecule has 0 radical (unpaired) electrons. The Hall–Kier alpha value is -2.73. The van der Waals surface area contributed by atoms with Crippen molar-refractivity contribution in [2.75, 3.05) is 26.3 Å². The fourth-order valence-corrected chi connectivity index (χ4v) is 3.95. The Morgan fingerprint density at radius 2 is 1.79 bits per heavy atom. The van der Waals surface area contributed by atoms with Crippen molar-refractivity contribution in [2.24, 2.45) is 0 Å². The van der Waals surface area contributed by atoms with E-state index < -0.39 is 0 Å². The molecule has 0 saturated carbocycles. The molecule has 1 aromatic carbocycles. The first-order chi connectivity index (χ1) is 14.3. The highest BCUT2D eigenvalue weighted by Gasteiger charge is 2.26. The number of hydrogen-bond acceptors (Lipinski definition) is 4. The summed E-state index contributed by atoms with van der Waals surface area (Å²) in [5.74, 6) is 1.61. The molecule has 3 heterocycles. The van der Waals surface area contributed by atoms with Gasteiger partial charge in [-0.15, -0.1) is 10.2 Å². The van der Waals surface area contributed by atoms with Gasteiger partial charge in [0.05, 0.1) is 6.61 Å².